The normalized spacial score (nSPS) is 20.2. The standard InChI is InChI=1S/C24H23N5O3S/c30-17-13-14-5-1-2-6-15(14)20(17)26-21-19(23-25-16-7-3-4-8-18(16)33-23)22(31)28-24(27-21)29-9-11-32-12-10-29/h1-8,17,20,30H,9-13H2,(H2,26,27,28,31)/t17-,20?/m1/s1. The quantitative estimate of drug-likeness (QED) is 0.429. The summed E-state index contributed by atoms with van der Waals surface area (Å²) in [5.74, 6) is 0.927. The van der Waals surface area contributed by atoms with Crippen molar-refractivity contribution in [3.05, 3.63) is 70.0 Å². The maximum atomic E-state index is 13.4. The number of nitrogens with one attached hydrogen (secondary N) is 2. The number of hydrogen-bond donors (Lipinski definition) is 3. The number of aromatic nitrogens is 3. The number of benzene rings is 2. The molecule has 4 aromatic rings. The van der Waals surface area contributed by atoms with Crippen molar-refractivity contribution in [3.8, 4) is 10.6 Å². The van der Waals surface area contributed by atoms with Gasteiger partial charge in [0.05, 0.1) is 35.6 Å². The van der Waals surface area contributed by atoms with Crippen molar-refractivity contribution in [1.29, 1.82) is 0 Å². The molecule has 168 valence electrons. The van der Waals surface area contributed by atoms with Crippen molar-refractivity contribution in [2.75, 3.05) is 36.5 Å². The number of H-pyrrole nitrogens is 1. The van der Waals surface area contributed by atoms with Crippen molar-refractivity contribution in [3.63, 3.8) is 0 Å². The molecule has 33 heavy (non-hydrogen) atoms. The number of ether oxygens (including phenoxy) is 1. The minimum Gasteiger partial charge on any atom is -0.390 e. The van der Waals surface area contributed by atoms with Crippen LogP contribution >= 0.6 is 11.3 Å². The van der Waals surface area contributed by atoms with E-state index in [1.165, 1.54) is 11.3 Å². The Hall–Kier alpha value is -3.27. The predicted molar refractivity (Wildman–Crippen MR) is 129 cm³/mol. The number of fused-ring (bicyclic) bond motifs is 2. The van der Waals surface area contributed by atoms with Crippen LogP contribution in [0.5, 0.6) is 0 Å². The summed E-state index contributed by atoms with van der Waals surface area (Å²) in [6.07, 6.45) is -0.0531. The Labute approximate surface area is 193 Å². The number of aliphatic hydroxyl groups excluding tert-OH is 1. The Kier molecular flexibility index (Phi) is 5.09. The molecular formula is C24H23N5O3S. The first-order valence-electron chi connectivity index (χ1n) is 11.0. The minimum absolute atomic E-state index is 0.256. The first-order chi connectivity index (χ1) is 16.2. The van der Waals surface area contributed by atoms with Crippen molar-refractivity contribution >= 4 is 33.3 Å². The van der Waals surface area contributed by atoms with E-state index in [-0.39, 0.29) is 11.6 Å². The zero-order chi connectivity index (χ0) is 22.4. The number of hydrogen-bond acceptors (Lipinski definition) is 8. The number of para-hydroxylation sites is 1. The first kappa shape index (κ1) is 20.3. The van der Waals surface area contributed by atoms with Crippen LogP contribution in [0, 0.1) is 0 Å². The van der Waals surface area contributed by atoms with E-state index in [0.717, 1.165) is 21.3 Å². The molecule has 0 radical (unpaired) electrons. The third kappa shape index (κ3) is 3.68. The molecular weight excluding hydrogens is 438 g/mol. The van der Waals surface area contributed by atoms with Gasteiger partial charge < -0.3 is 20.1 Å². The van der Waals surface area contributed by atoms with Gasteiger partial charge in [-0.3, -0.25) is 9.78 Å². The second-order valence-electron chi connectivity index (χ2n) is 8.29. The lowest BCUT2D eigenvalue weighted by atomic mass is 10.1. The molecule has 0 spiro atoms. The number of morpholine rings is 1. The summed E-state index contributed by atoms with van der Waals surface area (Å²) < 4.78 is 6.45. The van der Waals surface area contributed by atoms with E-state index in [4.69, 9.17) is 14.7 Å². The summed E-state index contributed by atoms with van der Waals surface area (Å²) in [6.45, 7) is 2.47. The largest absolute Gasteiger partial charge is 0.390 e. The summed E-state index contributed by atoms with van der Waals surface area (Å²) >= 11 is 1.46. The van der Waals surface area contributed by atoms with E-state index in [9.17, 15) is 9.90 Å². The predicted octanol–water partition coefficient (Wildman–Crippen LogP) is 2.95. The molecule has 8 nitrogen and oxygen atoms in total. The fourth-order valence-corrected chi connectivity index (χ4v) is 5.57. The lowest BCUT2D eigenvalue weighted by Crippen LogP contribution is -2.38. The van der Waals surface area contributed by atoms with Gasteiger partial charge >= 0.3 is 0 Å². The molecule has 0 bridgehead atoms. The summed E-state index contributed by atoms with van der Waals surface area (Å²) in [6, 6.07) is 15.4. The third-order valence-corrected chi connectivity index (χ3v) is 7.28. The Morgan fingerprint density at radius 2 is 1.88 bits per heavy atom. The fraction of sp³-hybridized carbons (Fsp3) is 0.292. The van der Waals surface area contributed by atoms with Gasteiger partial charge in [-0.2, -0.15) is 4.98 Å². The maximum absolute atomic E-state index is 13.4. The highest BCUT2D eigenvalue weighted by Crippen LogP contribution is 2.37. The molecule has 6 rings (SSSR count). The van der Waals surface area contributed by atoms with Crippen LogP contribution < -0.4 is 15.8 Å². The first-order valence-corrected chi connectivity index (χ1v) is 11.8. The monoisotopic (exact) mass is 461 g/mol. The molecule has 1 aliphatic heterocycles. The number of aliphatic hydroxyl groups is 1. The highest BCUT2D eigenvalue weighted by molar-refractivity contribution is 7.21. The van der Waals surface area contributed by atoms with Crippen LogP contribution in [0.15, 0.2) is 53.3 Å². The lowest BCUT2D eigenvalue weighted by molar-refractivity contribution is 0.122. The van der Waals surface area contributed by atoms with Gasteiger partial charge in [0.25, 0.3) is 5.56 Å². The molecule has 0 saturated carbocycles. The molecule has 1 fully saturated rings. The van der Waals surface area contributed by atoms with E-state index in [0.29, 0.717) is 55.1 Å². The highest BCUT2D eigenvalue weighted by atomic mass is 32.1. The van der Waals surface area contributed by atoms with Crippen LogP contribution in [0.4, 0.5) is 11.8 Å². The maximum Gasteiger partial charge on any atom is 0.264 e. The van der Waals surface area contributed by atoms with Crippen molar-refractivity contribution in [1.82, 2.24) is 15.0 Å². The zero-order valence-corrected chi connectivity index (χ0v) is 18.6. The third-order valence-electron chi connectivity index (χ3n) is 6.22. The van der Waals surface area contributed by atoms with Gasteiger partial charge in [0, 0.05) is 19.5 Å². The van der Waals surface area contributed by atoms with Gasteiger partial charge in [-0.25, -0.2) is 4.98 Å². The molecule has 1 saturated heterocycles. The van der Waals surface area contributed by atoms with Crippen LogP contribution in [-0.2, 0) is 11.2 Å². The molecule has 1 aliphatic carbocycles. The zero-order valence-electron chi connectivity index (χ0n) is 17.8. The summed E-state index contributed by atoms with van der Waals surface area (Å²) in [5.41, 5.74) is 3.10. The van der Waals surface area contributed by atoms with Gasteiger partial charge in [-0.05, 0) is 23.3 Å². The Morgan fingerprint density at radius 1 is 1.09 bits per heavy atom. The Bertz CT molecular complexity index is 1350. The fourth-order valence-electron chi connectivity index (χ4n) is 4.56. The second kappa shape index (κ2) is 8.26. The molecule has 2 aliphatic rings. The Balaban J connectivity index is 1.48. The highest BCUT2D eigenvalue weighted by Gasteiger charge is 2.32. The van der Waals surface area contributed by atoms with Crippen molar-refractivity contribution in [2.24, 2.45) is 0 Å². The number of anilines is 2. The summed E-state index contributed by atoms with van der Waals surface area (Å²) in [7, 11) is 0. The van der Waals surface area contributed by atoms with Gasteiger partial charge in [-0.15, -0.1) is 11.3 Å². The van der Waals surface area contributed by atoms with E-state index < -0.39 is 6.10 Å². The molecule has 2 aromatic heterocycles. The van der Waals surface area contributed by atoms with Crippen LogP contribution in [0.3, 0.4) is 0 Å². The van der Waals surface area contributed by atoms with Crippen LogP contribution in [0.2, 0.25) is 0 Å². The van der Waals surface area contributed by atoms with Crippen molar-refractivity contribution < 1.29 is 9.84 Å². The average Bonchev–Trinajstić information content (AvgIpc) is 3.40. The number of thiazole rings is 1. The topological polar surface area (TPSA) is 103 Å². The lowest BCUT2D eigenvalue weighted by Gasteiger charge is -2.28. The van der Waals surface area contributed by atoms with Crippen LogP contribution in [-0.4, -0.2) is 52.5 Å². The van der Waals surface area contributed by atoms with Gasteiger partial charge in [0.15, 0.2) is 0 Å². The number of aromatic amines is 1. The Morgan fingerprint density at radius 3 is 2.73 bits per heavy atom. The van der Waals surface area contributed by atoms with Crippen LogP contribution in [0.25, 0.3) is 20.8 Å². The van der Waals surface area contributed by atoms with E-state index in [1.807, 2.05) is 53.4 Å². The molecule has 2 aromatic carbocycles. The van der Waals surface area contributed by atoms with E-state index in [2.05, 4.69) is 10.3 Å². The van der Waals surface area contributed by atoms with Gasteiger partial charge in [0.2, 0.25) is 5.95 Å². The average molecular weight is 462 g/mol. The SMILES string of the molecule is O=c1[nH]c(N2CCOCC2)nc(NC2c3ccccc3C[C@H]2O)c1-c1nc2ccccc2s1. The molecule has 1 unspecified atom stereocenters. The van der Waals surface area contributed by atoms with Gasteiger partial charge in [-0.1, -0.05) is 36.4 Å². The van der Waals surface area contributed by atoms with Crippen molar-refractivity contribution in [2.45, 2.75) is 18.6 Å². The molecule has 9 heteroatoms. The minimum atomic E-state index is -0.612. The smallest absolute Gasteiger partial charge is 0.264 e. The van der Waals surface area contributed by atoms with Crippen LogP contribution in [0.1, 0.15) is 17.2 Å². The summed E-state index contributed by atoms with van der Waals surface area (Å²) in [4.78, 5) is 27.9. The number of rotatable bonds is 4. The van der Waals surface area contributed by atoms with E-state index >= 15 is 0 Å². The molecule has 0 amide bonds. The second-order valence-corrected chi connectivity index (χ2v) is 9.32. The molecule has 3 heterocycles. The van der Waals surface area contributed by atoms with E-state index in [1.54, 1.807) is 0 Å². The molecule has 3 N–H and O–H groups in total. The van der Waals surface area contributed by atoms with Gasteiger partial charge in [0.1, 0.15) is 16.4 Å². The summed E-state index contributed by atoms with van der Waals surface area (Å²) in [5, 5.41) is 14.8. The molecule has 2 atom stereocenters. The number of nitrogens with zero attached hydrogens (tertiary/aromatic N) is 3.